The summed E-state index contributed by atoms with van der Waals surface area (Å²) in [5.41, 5.74) is 1.01. The van der Waals surface area contributed by atoms with Crippen molar-refractivity contribution in [3.05, 3.63) is 44.6 Å². The molecule has 0 aromatic carbocycles. The van der Waals surface area contributed by atoms with Gasteiger partial charge in [0.2, 0.25) is 0 Å². The van der Waals surface area contributed by atoms with Crippen molar-refractivity contribution in [1.29, 1.82) is 5.26 Å². The predicted octanol–water partition coefficient (Wildman–Crippen LogP) is 1.55. The number of carbonyl (C=O) groups is 1. The Bertz CT molecular complexity index is 1060. The highest BCUT2D eigenvalue weighted by Crippen LogP contribution is 2.36. The number of nitriles is 1. The maximum Gasteiger partial charge on any atom is 0.270 e. The molecule has 0 bridgehead atoms. The summed E-state index contributed by atoms with van der Waals surface area (Å²) in [5.74, 6) is 0.511. The smallest absolute Gasteiger partial charge is 0.270 e. The van der Waals surface area contributed by atoms with E-state index in [1.807, 2.05) is 13.0 Å². The molecule has 3 rings (SSSR count). The van der Waals surface area contributed by atoms with Gasteiger partial charge in [-0.25, -0.2) is 0 Å². The van der Waals surface area contributed by atoms with Gasteiger partial charge in [0.1, 0.15) is 21.8 Å². The molecule has 1 aromatic heterocycles. The molecule has 2 aliphatic heterocycles. The van der Waals surface area contributed by atoms with Crippen molar-refractivity contribution in [2.24, 2.45) is 0 Å². The molecule has 10 heteroatoms. The van der Waals surface area contributed by atoms with Gasteiger partial charge in [-0.05, 0) is 25.5 Å². The van der Waals surface area contributed by atoms with Crippen molar-refractivity contribution < 1.29 is 9.90 Å². The predicted molar refractivity (Wildman–Crippen MR) is 132 cm³/mol. The van der Waals surface area contributed by atoms with Crippen molar-refractivity contribution >= 4 is 46.1 Å². The van der Waals surface area contributed by atoms with E-state index in [0.717, 1.165) is 13.1 Å². The summed E-state index contributed by atoms with van der Waals surface area (Å²) in [6, 6.07) is 2.05. The number of hydrogen-bond acceptors (Lipinski definition) is 8. The fourth-order valence-electron chi connectivity index (χ4n) is 4.02. The standard InChI is InChI=1S/C22H27N5O3S2/c1-4-6-27-21(30)18(32-22(27)31)13-16-15(3)17(14-23)20(29)26(5-2)19(16)25-9-7-24(8-10-25)11-12-28/h4,13,28H,1,5-12H2,2-3H3. The van der Waals surface area contributed by atoms with Crippen LogP contribution in [0.5, 0.6) is 0 Å². The third-order valence-electron chi connectivity index (χ3n) is 5.71. The highest BCUT2D eigenvalue weighted by Gasteiger charge is 2.33. The van der Waals surface area contributed by atoms with Crippen LogP contribution in [0.3, 0.4) is 0 Å². The average Bonchev–Trinajstić information content (AvgIpc) is 3.04. The van der Waals surface area contributed by atoms with Gasteiger partial charge in [0, 0.05) is 51.4 Å². The highest BCUT2D eigenvalue weighted by molar-refractivity contribution is 8.26. The Morgan fingerprint density at radius 1 is 1.28 bits per heavy atom. The molecule has 1 amide bonds. The quantitative estimate of drug-likeness (QED) is 0.362. The second-order valence-corrected chi connectivity index (χ2v) is 9.21. The van der Waals surface area contributed by atoms with Crippen LogP contribution in [0, 0.1) is 18.3 Å². The van der Waals surface area contributed by atoms with Crippen molar-refractivity contribution in [1.82, 2.24) is 14.4 Å². The first-order chi connectivity index (χ1) is 15.4. The van der Waals surface area contributed by atoms with Crippen LogP contribution in [0.25, 0.3) is 6.08 Å². The molecule has 0 aliphatic carbocycles. The first kappa shape index (κ1) is 24.2. The highest BCUT2D eigenvalue weighted by atomic mass is 32.2. The average molecular weight is 474 g/mol. The molecular weight excluding hydrogens is 446 g/mol. The summed E-state index contributed by atoms with van der Waals surface area (Å²) >= 11 is 6.57. The van der Waals surface area contributed by atoms with Crippen LogP contribution in [0.15, 0.2) is 22.4 Å². The lowest BCUT2D eigenvalue weighted by molar-refractivity contribution is -0.121. The van der Waals surface area contributed by atoms with Crippen LogP contribution in [0.2, 0.25) is 0 Å². The molecule has 0 spiro atoms. The van der Waals surface area contributed by atoms with Crippen LogP contribution in [-0.4, -0.2) is 75.6 Å². The zero-order valence-corrected chi connectivity index (χ0v) is 20.0. The normalized spacial score (nSPS) is 18.5. The van der Waals surface area contributed by atoms with Gasteiger partial charge >= 0.3 is 0 Å². The van der Waals surface area contributed by atoms with Crippen LogP contribution in [-0.2, 0) is 11.3 Å². The zero-order valence-electron chi connectivity index (χ0n) is 18.3. The lowest BCUT2D eigenvalue weighted by Gasteiger charge is -2.37. The van der Waals surface area contributed by atoms with Crippen LogP contribution in [0.4, 0.5) is 5.82 Å². The van der Waals surface area contributed by atoms with E-state index in [-0.39, 0.29) is 23.6 Å². The lowest BCUT2D eigenvalue weighted by atomic mass is 10.0. The number of rotatable bonds is 7. The van der Waals surface area contributed by atoms with E-state index in [0.29, 0.717) is 58.9 Å². The Labute approximate surface area is 197 Å². The number of aromatic nitrogens is 1. The van der Waals surface area contributed by atoms with Crippen LogP contribution < -0.4 is 10.5 Å². The van der Waals surface area contributed by atoms with E-state index < -0.39 is 0 Å². The molecular formula is C22H27N5O3S2. The number of piperazine rings is 1. The third-order valence-corrected chi connectivity index (χ3v) is 7.09. The summed E-state index contributed by atoms with van der Waals surface area (Å²) in [6.07, 6.45) is 3.39. The zero-order chi connectivity index (χ0) is 23.4. The number of thioether (sulfide) groups is 1. The van der Waals surface area contributed by atoms with E-state index in [1.165, 1.54) is 16.7 Å². The van der Waals surface area contributed by atoms with Gasteiger partial charge in [-0.15, -0.1) is 6.58 Å². The minimum Gasteiger partial charge on any atom is -0.395 e. The number of β-amino-alcohol motifs (C(OH)–C–C–N with tert-alkyl or cyclic N) is 1. The first-order valence-corrected chi connectivity index (χ1v) is 11.7. The van der Waals surface area contributed by atoms with E-state index in [9.17, 15) is 20.0 Å². The molecule has 0 unspecified atom stereocenters. The maximum atomic E-state index is 13.1. The summed E-state index contributed by atoms with van der Waals surface area (Å²) in [7, 11) is 0. The fourth-order valence-corrected chi connectivity index (χ4v) is 5.28. The number of pyridine rings is 1. The van der Waals surface area contributed by atoms with Crippen molar-refractivity contribution in [2.75, 3.05) is 50.8 Å². The molecule has 0 atom stereocenters. The topological polar surface area (TPSA) is 92.8 Å². The lowest BCUT2D eigenvalue weighted by Crippen LogP contribution is -2.49. The molecule has 1 N–H and O–H groups in total. The largest absolute Gasteiger partial charge is 0.395 e. The minimum absolute atomic E-state index is 0.0855. The van der Waals surface area contributed by atoms with Gasteiger partial charge in [0.25, 0.3) is 11.5 Å². The number of aliphatic hydroxyl groups excluding tert-OH is 1. The van der Waals surface area contributed by atoms with Crippen molar-refractivity contribution in [2.45, 2.75) is 20.4 Å². The van der Waals surface area contributed by atoms with E-state index in [4.69, 9.17) is 12.2 Å². The van der Waals surface area contributed by atoms with E-state index in [1.54, 1.807) is 23.6 Å². The van der Waals surface area contributed by atoms with Crippen molar-refractivity contribution in [3.8, 4) is 6.07 Å². The second kappa shape index (κ2) is 10.4. The minimum atomic E-state index is -0.323. The van der Waals surface area contributed by atoms with E-state index >= 15 is 0 Å². The Hall–Kier alpha value is -2.45. The number of hydrogen-bond donors (Lipinski definition) is 1. The Morgan fingerprint density at radius 3 is 2.53 bits per heavy atom. The summed E-state index contributed by atoms with van der Waals surface area (Å²) in [6.45, 7) is 11.6. The fraction of sp³-hybridized carbons (Fsp3) is 0.455. The molecule has 0 saturated carbocycles. The maximum absolute atomic E-state index is 13.1. The molecule has 2 saturated heterocycles. The SMILES string of the molecule is C=CCN1C(=O)C(=Cc2c(C)c(C#N)c(=O)n(CC)c2N2CCN(CCO)CC2)SC1=S. The molecule has 3 heterocycles. The number of anilines is 1. The van der Waals surface area contributed by atoms with Gasteiger partial charge in [-0.1, -0.05) is 30.1 Å². The Morgan fingerprint density at radius 2 is 1.97 bits per heavy atom. The number of nitrogens with zero attached hydrogens (tertiary/aromatic N) is 5. The van der Waals surface area contributed by atoms with Crippen molar-refractivity contribution in [3.63, 3.8) is 0 Å². The molecule has 170 valence electrons. The van der Waals surface area contributed by atoms with Gasteiger partial charge in [-0.2, -0.15) is 5.26 Å². The molecule has 8 nitrogen and oxygen atoms in total. The van der Waals surface area contributed by atoms with Gasteiger partial charge in [-0.3, -0.25) is 24.0 Å². The Balaban J connectivity index is 2.14. The number of amides is 1. The molecule has 0 radical (unpaired) electrons. The second-order valence-electron chi connectivity index (χ2n) is 7.53. The molecule has 1 aromatic rings. The third kappa shape index (κ3) is 4.52. The van der Waals surface area contributed by atoms with Crippen LogP contribution >= 0.6 is 24.0 Å². The van der Waals surface area contributed by atoms with Gasteiger partial charge in [0.15, 0.2) is 0 Å². The number of aliphatic hydroxyl groups is 1. The summed E-state index contributed by atoms with van der Waals surface area (Å²) in [4.78, 5) is 32.2. The monoisotopic (exact) mass is 473 g/mol. The molecule has 32 heavy (non-hydrogen) atoms. The molecule has 2 fully saturated rings. The van der Waals surface area contributed by atoms with Gasteiger partial charge < -0.3 is 10.0 Å². The Kier molecular flexibility index (Phi) is 7.90. The number of carbonyl (C=O) groups excluding carboxylic acids is 1. The van der Waals surface area contributed by atoms with Crippen LogP contribution in [0.1, 0.15) is 23.6 Å². The number of thiocarbonyl (C=S) groups is 1. The summed E-state index contributed by atoms with van der Waals surface area (Å²) in [5, 5.41) is 18.9. The molecule has 2 aliphatic rings. The van der Waals surface area contributed by atoms with Gasteiger partial charge in [0.05, 0.1) is 11.5 Å². The summed E-state index contributed by atoms with van der Waals surface area (Å²) < 4.78 is 2.08. The first-order valence-electron chi connectivity index (χ1n) is 10.5. The van der Waals surface area contributed by atoms with E-state index in [2.05, 4.69) is 16.4 Å².